The van der Waals surface area contributed by atoms with Crippen LogP contribution in [0.5, 0.6) is 0 Å². The van der Waals surface area contributed by atoms with Gasteiger partial charge in [0.2, 0.25) is 0 Å². The van der Waals surface area contributed by atoms with Crippen LogP contribution in [0.2, 0.25) is 0 Å². The van der Waals surface area contributed by atoms with Crippen LogP contribution in [0.15, 0.2) is 29.2 Å². The quantitative estimate of drug-likeness (QED) is 0.690. The number of nitrogens with one attached hydrogen (secondary N) is 1. The number of nitrogens with zero attached hydrogens (tertiary/aromatic N) is 4. The Morgan fingerprint density at radius 1 is 1.16 bits per heavy atom. The van der Waals surface area contributed by atoms with Gasteiger partial charge >= 0.3 is 0 Å². The van der Waals surface area contributed by atoms with Gasteiger partial charge in [0.1, 0.15) is 22.8 Å². The Kier molecular flexibility index (Phi) is 5.31. The van der Waals surface area contributed by atoms with Crippen LogP contribution in [0.1, 0.15) is 43.1 Å². The van der Waals surface area contributed by atoms with E-state index in [0.717, 1.165) is 25.5 Å². The fourth-order valence-electron chi connectivity index (χ4n) is 4.84. The van der Waals surface area contributed by atoms with E-state index in [9.17, 15) is 13.6 Å². The molecule has 2 fully saturated rings. The summed E-state index contributed by atoms with van der Waals surface area (Å²) < 4.78 is 34.4. The summed E-state index contributed by atoms with van der Waals surface area (Å²) in [5.41, 5.74) is 1.03. The zero-order chi connectivity index (χ0) is 21.5. The first kappa shape index (κ1) is 20.3. The highest BCUT2D eigenvalue weighted by Gasteiger charge is 2.33. The van der Waals surface area contributed by atoms with Gasteiger partial charge < -0.3 is 9.72 Å². The fourth-order valence-corrected chi connectivity index (χ4v) is 4.84. The number of halogens is 2. The molecule has 164 valence electrons. The molecule has 2 saturated heterocycles. The van der Waals surface area contributed by atoms with Crippen molar-refractivity contribution in [2.45, 2.75) is 38.3 Å². The molecule has 5 rings (SSSR count). The second kappa shape index (κ2) is 8.12. The molecule has 0 aliphatic carbocycles. The summed E-state index contributed by atoms with van der Waals surface area (Å²) in [5, 5.41) is 4.94. The van der Waals surface area contributed by atoms with Crippen LogP contribution >= 0.6 is 0 Å². The van der Waals surface area contributed by atoms with Gasteiger partial charge in [-0.2, -0.15) is 5.10 Å². The molecule has 7 nitrogen and oxygen atoms in total. The second-order valence-electron chi connectivity index (χ2n) is 8.68. The maximum absolute atomic E-state index is 13.5. The highest BCUT2D eigenvalue weighted by atomic mass is 19.1. The van der Waals surface area contributed by atoms with E-state index >= 15 is 0 Å². The van der Waals surface area contributed by atoms with Gasteiger partial charge in [0.25, 0.3) is 5.56 Å². The second-order valence-corrected chi connectivity index (χ2v) is 8.68. The smallest absolute Gasteiger partial charge is 0.262 e. The normalized spacial score (nSPS) is 23.1. The molecule has 2 aliphatic rings. The van der Waals surface area contributed by atoms with E-state index < -0.39 is 11.6 Å². The number of likely N-dealkylation sites (tertiary alicyclic amines) is 1. The Hall–Kier alpha value is -2.65. The van der Waals surface area contributed by atoms with Crippen molar-refractivity contribution in [3.05, 3.63) is 57.8 Å². The highest BCUT2D eigenvalue weighted by Crippen LogP contribution is 2.32. The number of hydrogen-bond acceptors (Lipinski definition) is 5. The van der Waals surface area contributed by atoms with Crippen LogP contribution in [-0.4, -0.2) is 51.0 Å². The zero-order valence-corrected chi connectivity index (χ0v) is 17.4. The van der Waals surface area contributed by atoms with Crippen LogP contribution in [0.25, 0.3) is 11.0 Å². The first-order valence-electron chi connectivity index (χ1n) is 10.7. The molecule has 31 heavy (non-hydrogen) atoms. The third-order valence-electron chi connectivity index (χ3n) is 6.39. The number of benzene rings is 1. The lowest BCUT2D eigenvalue weighted by Crippen LogP contribution is -2.23. The predicted molar refractivity (Wildman–Crippen MR) is 111 cm³/mol. The summed E-state index contributed by atoms with van der Waals surface area (Å²) >= 11 is 0. The maximum Gasteiger partial charge on any atom is 0.262 e. The van der Waals surface area contributed by atoms with E-state index in [2.05, 4.69) is 21.9 Å². The minimum absolute atomic E-state index is 0.0218. The van der Waals surface area contributed by atoms with Crippen LogP contribution in [-0.2, 0) is 11.3 Å². The summed E-state index contributed by atoms with van der Waals surface area (Å²) in [6, 6.07) is 3.78. The van der Waals surface area contributed by atoms with Gasteiger partial charge in [-0.05, 0) is 36.5 Å². The van der Waals surface area contributed by atoms with Gasteiger partial charge in [0, 0.05) is 44.8 Å². The topological polar surface area (TPSA) is 76.0 Å². The number of fused-ring (bicyclic) bond motifs is 1. The van der Waals surface area contributed by atoms with Crippen molar-refractivity contribution < 1.29 is 13.5 Å². The number of H-pyrrole nitrogens is 1. The largest absolute Gasteiger partial charge is 0.381 e. The molecule has 2 atom stereocenters. The Balaban J connectivity index is 1.41. The van der Waals surface area contributed by atoms with E-state index in [-0.39, 0.29) is 23.4 Å². The van der Waals surface area contributed by atoms with Gasteiger partial charge in [-0.1, -0.05) is 6.92 Å². The summed E-state index contributed by atoms with van der Waals surface area (Å²) in [6.45, 7) is 5.32. The molecule has 0 bridgehead atoms. The highest BCUT2D eigenvalue weighted by molar-refractivity contribution is 5.73. The average molecular weight is 429 g/mol. The molecule has 0 saturated carbocycles. The Morgan fingerprint density at radius 3 is 2.65 bits per heavy atom. The lowest BCUT2D eigenvalue weighted by molar-refractivity contribution is 0.0673. The number of ether oxygens (including phenoxy) is 1. The van der Waals surface area contributed by atoms with E-state index in [1.807, 2.05) is 4.68 Å². The molecule has 4 heterocycles. The van der Waals surface area contributed by atoms with Gasteiger partial charge in [-0.15, -0.1) is 0 Å². The Labute approximate surface area is 178 Å². The van der Waals surface area contributed by atoms with E-state index in [1.165, 1.54) is 12.1 Å². The molecular formula is C22H25F2N5O2. The maximum atomic E-state index is 13.5. The number of aromatic nitrogens is 4. The van der Waals surface area contributed by atoms with Crippen molar-refractivity contribution >= 4 is 11.0 Å². The minimum Gasteiger partial charge on any atom is -0.381 e. The van der Waals surface area contributed by atoms with Gasteiger partial charge in [-0.3, -0.25) is 9.69 Å². The van der Waals surface area contributed by atoms with E-state index in [1.54, 1.807) is 6.20 Å². The fraction of sp³-hybridized carbons (Fsp3) is 0.500. The van der Waals surface area contributed by atoms with E-state index in [0.29, 0.717) is 48.7 Å². The third-order valence-corrected chi connectivity index (χ3v) is 6.39. The van der Waals surface area contributed by atoms with Crippen molar-refractivity contribution in [3.8, 4) is 0 Å². The average Bonchev–Trinajstić information content (AvgIpc) is 3.31. The van der Waals surface area contributed by atoms with Crippen LogP contribution in [0.4, 0.5) is 8.78 Å². The van der Waals surface area contributed by atoms with Crippen LogP contribution in [0.3, 0.4) is 0 Å². The molecule has 1 N–H and O–H groups in total. The molecule has 0 unspecified atom stereocenters. The van der Waals surface area contributed by atoms with Crippen molar-refractivity contribution in [1.29, 1.82) is 0 Å². The Bertz CT molecular complexity index is 1130. The van der Waals surface area contributed by atoms with Crippen molar-refractivity contribution in [1.82, 2.24) is 24.6 Å². The summed E-state index contributed by atoms with van der Waals surface area (Å²) in [4.78, 5) is 22.7. The van der Waals surface area contributed by atoms with Crippen LogP contribution in [0, 0.1) is 17.6 Å². The SMILES string of the molecule is C[C@@H]1CN(Cc2cc(F)cc(F)c2)C[C@H]1c1nc2c(cnn2C2CCOCC2)c(=O)[nH]1. The molecule has 2 aliphatic heterocycles. The monoisotopic (exact) mass is 429 g/mol. The van der Waals surface area contributed by atoms with Crippen LogP contribution < -0.4 is 5.56 Å². The minimum atomic E-state index is -0.573. The van der Waals surface area contributed by atoms with Gasteiger partial charge in [0.05, 0.1) is 12.2 Å². The van der Waals surface area contributed by atoms with Gasteiger partial charge in [0.15, 0.2) is 5.65 Å². The van der Waals surface area contributed by atoms with Crippen molar-refractivity contribution in [3.63, 3.8) is 0 Å². The van der Waals surface area contributed by atoms with Gasteiger partial charge in [-0.25, -0.2) is 18.4 Å². The number of hydrogen-bond donors (Lipinski definition) is 1. The standard InChI is InChI=1S/C22H25F2N5O2/c1-13-10-28(11-14-6-15(23)8-16(24)7-14)12-19(13)20-26-21-18(22(30)27-20)9-25-29(21)17-2-4-31-5-3-17/h6-9,13,17,19H,2-5,10-12H2,1H3,(H,26,27,30)/t13-,19-/m1/s1. The first-order valence-corrected chi connectivity index (χ1v) is 10.7. The predicted octanol–water partition coefficient (Wildman–Crippen LogP) is 2.98. The summed E-state index contributed by atoms with van der Waals surface area (Å²) in [6.07, 6.45) is 3.28. The molecule has 2 aromatic heterocycles. The third kappa shape index (κ3) is 3.99. The van der Waals surface area contributed by atoms with Crippen molar-refractivity contribution in [2.75, 3.05) is 26.3 Å². The lowest BCUT2D eigenvalue weighted by Gasteiger charge is -2.23. The summed E-state index contributed by atoms with van der Waals surface area (Å²) in [7, 11) is 0. The van der Waals surface area contributed by atoms with Crippen molar-refractivity contribution in [2.24, 2.45) is 5.92 Å². The number of rotatable bonds is 4. The molecule has 0 amide bonds. The summed E-state index contributed by atoms with van der Waals surface area (Å²) in [5.74, 6) is -0.244. The molecule has 1 aromatic carbocycles. The number of aromatic amines is 1. The molecule has 9 heteroatoms. The Morgan fingerprint density at radius 2 is 1.90 bits per heavy atom. The first-order chi connectivity index (χ1) is 15.0. The molecule has 3 aromatic rings. The molecule has 0 radical (unpaired) electrons. The van der Waals surface area contributed by atoms with E-state index in [4.69, 9.17) is 9.72 Å². The lowest BCUT2D eigenvalue weighted by atomic mass is 9.97. The molecule has 0 spiro atoms. The molecular weight excluding hydrogens is 404 g/mol. The zero-order valence-electron chi connectivity index (χ0n) is 17.4.